The number of aryl methyl sites for hydroxylation is 1. The van der Waals surface area contributed by atoms with E-state index in [-0.39, 0.29) is 17.9 Å². The number of ether oxygens (including phenoxy) is 1. The molecule has 5 heteroatoms. The van der Waals surface area contributed by atoms with E-state index in [2.05, 4.69) is 10.6 Å². The first kappa shape index (κ1) is 18.5. The molecule has 0 radical (unpaired) electrons. The third-order valence-electron chi connectivity index (χ3n) is 4.32. The third-order valence-corrected chi connectivity index (χ3v) is 4.32. The lowest BCUT2D eigenvalue weighted by molar-refractivity contribution is -0.146. The SMILES string of the molecule is CCOC(=O)C(CCc1ccccc1)N[C@H]1CCCCCNC1=O. The van der Waals surface area contributed by atoms with E-state index in [9.17, 15) is 9.59 Å². The standard InChI is InChI=1S/C19H28N2O3/c1-2-24-19(23)17(13-12-15-9-5-3-6-10-15)21-16-11-7-4-8-14-20-18(16)22/h3,5-6,9-10,16-17,21H,2,4,7-8,11-14H2,1H3,(H,20,22)/t16-,17?/m0/s1. The van der Waals surface area contributed by atoms with Gasteiger partial charge >= 0.3 is 5.97 Å². The van der Waals surface area contributed by atoms with E-state index >= 15 is 0 Å². The van der Waals surface area contributed by atoms with Crippen LogP contribution >= 0.6 is 0 Å². The Hall–Kier alpha value is -1.88. The first-order valence-corrected chi connectivity index (χ1v) is 8.95. The minimum Gasteiger partial charge on any atom is -0.465 e. The highest BCUT2D eigenvalue weighted by atomic mass is 16.5. The van der Waals surface area contributed by atoms with Crippen molar-refractivity contribution in [2.75, 3.05) is 13.2 Å². The van der Waals surface area contributed by atoms with E-state index < -0.39 is 6.04 Å². The molecule has 0 saturated carbocycles. The van der Waals surface area contributed by atoms with Crippen molar-refractivity contribution in [1.82, 2.24) is 10.6 Å². The van der Waals surface area contributed by atoms with Gasteiger partial charge < -0.3 is 10.1 Å². The number of carbonyl (C=O) groups is 2. The highest BCUT2D eigenvalue weighted by molar-refractivity contribution is 5.83. The molecule has 1 aromatic carbocycles. The highest BCUT2D eigenvalue weighted by Crippen LogP contribution is 2.11. The molecule has 1 amide bonds. The Morgan fingerprint density at radius 2 is 2.08 bits per heavy atom. The number of rotatable bonds is 7. The molecule has 0 aliphatic carbocycles. The van der Waals surface area contributed by atoms with Gasteiger partial charge in [-0.05, 0) is 38.2 Å². The third kappa shape index (κ3) is 5.96. The number of hydrogen-bond donors (Lipinski definition) is 2. The zero-order valence-electron chi connectivity index (χ0n) is 14.4. The molecule has 132 valence electrons. The van der Waals surface area contributed by atoms with Gasteiger partial charge in [0.1, 0.15) is 6.04 Å². The molecule has 2 atom stereocenters. The van der Waals surface area contributed by atoms with Crippen LogP contribution in [0.3, 0.4) is 0 Å². The van der Waals surface area contributed by atoms with Gasteiger partial charge in [-0.25, -0.2) is 0 Å². The van der Waals surface area contributed by atoms with Crippen LogP contribution in [0.4, 0.5) is 0 Å². The average Bonchev–Trinajstić information content (AvgIpc) is 2.58. The molecule has 2 rings (SSSR count). The number of benzene rings is 1. The van der Waals surface area contributed by atoms with Gasteiger partial charge in [-0.3, -0.25) is 14.9 Å². The molecular weight excluding hydrogens is 304 g/mol. The van der Waals surface area contributed by atoms with Gasteiger partial charge in [0.25, 0.3) is 0 Å². The Morgan fingerprint density at radius 3 is 2.83 bits per heavy atom. The Bertz CT molecular complexity index is 519. The molecule has 0 spiro atoms. The van der Waals surface area contributed by atoms with E-state index in [0.717, 1.165) is 32.1 Å². The van der Waals surface area contributed by atoms with Crippen LogP contribution < -0.4 is 10.6 Å². The van der Waals surface area contributed by atoms with Gasteiger partial charge in [-0.2, -0.15) is 0 Å². The first-order valence-electron chi connectivity index (χ1n) is 8.95. The minimum atomic E-state index is -0.458. The van der Waals surface area contributed by atoms with Crippen LogP contribution in [0, 0.1) is 0 Å². The average molecular weight is 332 g/mol. The van der Waals surface area contributed by atoms with Crippen molar-refractivity contribution in [2.24, 2.45) is 0 Å². The predicted octanol–water partition coefficient (Wildman–Crippen LogP) is 2.20. The maximum atomic E-state index is 12.3. The number of esters is 1. The maximum Gasteiger partial charge on any atom is 0.323 e. The van der Waals surface area contributed by atoms with Gasteiger partial charge in [-0.1, -0.05) is 43.2 Å². The van der Waals surface area contributed by atoms with E-state index in [1.807, 2.05) is 30.3 Å². The van der Waals surface area contributed by atoms with Crippen molar-refractivity contribution in [2.45, 2.75) is 57.5 Å². The first-order chi connectivity index (χ1) is 11.7. The van der Waals surface area contributed by atoms with Gasteiger partial charge in [0.05, 0.1) is 12.6 Å². The number of nitrogens with one attached hydrogen (secondary N) is 2. The second kappa shape index (κ2) is 10.1. The normalized spacial score (nSPS) is 19.7. The lowest BCUT2D eigenvalue weighted by Gasteiger charge is -2.25. The summed E-state index contributed by atoms with van der Waals surface area (Å²) in [6, 6.07) is 9.27. The predicted molar refractivity (Wildman–Crippen MR) is 93.6 cm³/mol. The van der Waals surface area contributed by atoms with Crippen LogP contribution in [-0.2, 0) is 20.7 Å². The Balaban J connectivity index is 1.98. The van der Waals surface area contributed by atoms with Crippen molar-refractivity contribution < 1.29 is 14.3 Å². The molecule has 5 nitrogen and oxygen atoms in total. The summed E-state index contributed by atoms with van der Waals surface area (Å²) in [5.74, 6) is -0.285. The van der Waals surface area contributed by atoms with Crippen LogP contribution in [0.25, 0.3) is 0 Å². The summed E-state index contributed by atoms with van der Waals surface area (Å²) in [6.07, 6.45) is 5.27. The summed E-state index contributed by atoms with van der Waals surface area (Å²) in [6.45, 7) is 2.86. The summed E-state index contributed by atoms with van der Waals surface area (Å²) >= 11 is 0. The second-order valence-electron chi connectivity index (χ2n) is 6.19. The van der Waals surface area contributed by atoms with Crippen LogP contribution in [-0.4, -0.2) is 37.1 Å². The number of amides is 1. The highest BCUT2D eigenvalue weighted by Gasteiger charge is 2.27. The van der Waals surface area contributed by atoms with E-state index in [1.165, 1.54) is 5.56 Å². The Labute approximate surface area is 144 Å². The van der Waals surface area contributed by atoms with Crippen LogP contribution in [0.1, 0.15) is 44.6 Å². The summed E-state index contributed by atoms with van der Waals surface area (Å²) < 4.78 is 5.19. The van der Waals surface area contributed by atoms with Crippen molar-refractivity contribution in [3.05, 3.63) is 35.9 Å². The van der Waals surface area contributed by atoms with E-state index in [1.54, 1.807) is 6.92 Å². The molecule has 1 fully saturated rings. The Morgan fingerprint density at radius 1 is 1.29 bits per heavy atom. The molecule has 0 aromatic heterocycles. The van der Waals surface area contributed by atoms with Crippen LogP contribution in [0.5, 0.6) is 0 Å². The van der Waals surface area contributed by atoms with Crippen molar-refractivity contribution in [1.29, 1.82) is 0 Å². The molecule has 24 heavy (non-hydrogen) atoms. The van der Waals surface area contributed by atoms with Crippen molar-refractivity contribution in [3.8, 4) is 0 Å². The Kier molecular flexibility index (Phi) is 7.75. The largest absolute Gasteiger partial charge is 0.465 e. The van der Waals surface area contributed by atoms with Gasteiger partial charge in [-0.15, -0.1) is 0 Å². The van der Waals surface area contributed by atoms with Gasteiger partial charge in [0.15, 0.2) is 0 Å². The van der Waals surface area contributed by atoms with Gasteiger partial charge in [0, 0.05) is 6.54 Å². The fraction of sp³-hybridized carbons (Fsp3) is 0.579. The van der Waals surface area contributed by atoms with Crippen molar-refractivity contribution >= 4 is 11.9 Å². The molecule has 1 aromatic rings. The summed E-state index contributed by atoms with van der Waals surface area (Å²) in [5.41, 5.74) is 1.18. The van der Waals surface area contributed by atoms with E-state index in [0.29, 0.717) is 19.6 Å². The number of hydrogen-bond acceptors (Lipinski definition) is 4. The monoisotopic (exact) mass is 332 g/mol. The molecule has 1 unspecified atom stereocenters. The fourth-order valence-electron chi connectivity index (χ4n) is 2.99. The molecule has 2 N–H and O–H groups in total. The van der Waals surface area contributed by atoms with Gasteiger partial charge in [0.2, 0.25) is 5.91 Å². The van der Waals surface area contributed by atoms with Crippen molar-refractivity contribution in [3.63, 3.8) is 0 Å². The summed E-state index contributed by atoms with van der Waals surface area (Å²) in [4.78, 5) is 24.5. The summed E-state index contributed by atoms with van der Waals surface area (Å²) in [7, 11) is 0. The topological polar surface area (TPSA) is 67.4 Å². The lowest BCUT2D eigenvalue weighted by atomic mass is 10.0. The molecule has 1 saturated heterocycles. The molecule has 1 heterocycles. The zero-order chi connectivity index (χ0) is 17.2. The quantitative estimate of drug-likeness (QED) is 0.751. The van der Waals surface area contributed by atoms with E-state index in [4.69, 9.17) is 4.74 Å². The summed E-state index contributed by atoms with van der Waals surface area (Å²) in [5, 5.41) is 6.17. The molecular formula is C19H28N2O3. The fourth-order valence-corrected chi connectivity index (χ4v) is 2.99. The molecule has 1 aliphatic rings. The zero-order valence-corrected chi connectivity index (χ0v) is 14.4. The smallest absolute Gasteiger partial charge is 0.323 e. The molecule has 0 bridgehead atoms. The molecule has 1 aliphatic heterocycles. The lowest BCUT2D eigenvalue weighted by Crippen LogP contribution is -2.52. The number of carbonyl (C=O) groups excluding carboxylic acids is 2. The second-order valence-corrected chi connectivity index (χ2v) is 6.19. The van der Waals surface area contributed by atoms with Crippen LogP contribution in [0.15, 0.2) is 30.3 Å². The van der Waals surface area contributed by atoms with Crippen LogP contribution in [0.2, 0.25) is 0 Å². The minimum absolute atomic E-state index is 0.0105. The maximum absolute atomic E-state index is 12.3.